The van der Waals surface area contributed by atoms with Gasteiger partial charge in [-0.2, -0.15) is 0 Å². The minimum Gasteiger partial charge on any atom is -0.463 e. The van der Waals surface area contributed by atoms with E-state index in [0.29, 0.717) is 10.8 Å². The number of ether oxygens (including phenoxy) is 1. The molecule has 25 heavy (non-hydrogen) atoms. The molecule has 4 aliphatic carbocycles. The van der Waals surface area contributed by atoms with Gasteiger partial charge in [0.05, 0.1) is 0 Å². The molecule has 0 radical (unpaired) electrons. The van der Waals surface area contributed by atoms with Gasteiger partial charge in [-0.3, -0.25) is 4.79 Å². The SMILES string of the molecule is C/C=C1\CC[C@@H]2[C@@H]3CC[C@H]4C[C@H](OC(C)=O)CC[C@]4(C)[C@@H]3CC[C@]12C. The van der Waals surface area contributed by atoms with E-state index in [-0.39, 0.29) is 12.1 Å². The summed E-state index contributed by atoms with van der Waals surface area (Å²) in [4.78, 5) is 11.4. The summed E-state index contributed by atoms with van der Waals surface area (Å²) in [7, 11) is 0. The normalized spacial score (nSPS) is 50.7. The van der Waals surface area contributed by atoms with Crippen molar-refractivity contribution in [3.8, 4) is 0 Å². The third-order valence-electron chi connectivity index (χ3n) is 9.15. The van der Waals surface area contributed by atoms with E-state index in [1.54, 1.807) is 12.5 Å². The van der Waals surface area contributed by atoms with Crippen LogP contribution in [0, 0.1) is 34.5 Å². The van der Waals surface area contributed by atoms with Crippen LogP contribution in [0.1, 0.15) is 85.5 Å². The zero-order chi connectivity index (χ0) is 17.8. The maximum absolute atomic E-state index is 11.4. The summed E-state index contributed by atoms with van der Waals surface area (Å²) in [6.07, 6.45) is 14.4. The van der Waals surface area contributed by atoms with Gasteiger partial charge in [0, 0.05) is 6.92 Å². The molecule has 0 aromatic carbocycles. The van der Waals surface area contributed by atoms with Crippen molar-refractivity contribution in [2.24, 2.45) is 34.5 Å². The molecular weight excluding hydrogens is 308 g/mol. The van der Waals surface area contributed by atoms with Crippen molar-refractivity contribution < 1.29 is 9.53 Å². The van der Waals surface area contributed by atoms with E-state index >= 15 is 0 Å². The molecule has 0 aromatic heterocycles. The molecule has 4 fully saturated rings. The number of rotatable bonds is 1. The Morgan fingerprint density at radius 1 is 1.08 bits per heavy atom. The number of carbonyl (C=O) groups excluding carboxylic acids is 1. The van der Waals surface area contributed by atoms with E-state index in [2.05, 4.69) is 26.8 Å². The number of esters is 1. The Morgan fingerprint density at radius 3 is 2.60 bits per heavy atom. The molecule has 0 heterocycles. The highest BCUT2D eigenvalue weighted by atomic mass is 16.5. The number of hydrogen-bond donors (Lipinski definition) is 0. The summed E-state index contributed by atoms with van der Waals surface area (Å²) in [6, 6.07) is 0. The lowest BCUT2D eigenvalue weighted by atomic mass is 9.45. The van der Waals surface area contributed by atoms with E-state index in [9.17, 15) is 4.79 Å². The van der Waals surface area contributed by atoms with Crippen LogP contribution in [0.2, 0.25) is 0 Å². The molecule has 0 unspecified atom stereocenters. The van der Waals surface area contributed by atoms with Gasteiger partial charge in [0.1, 0.15) is 6.10 Å². The van der Waals surface area contributed by atoms with E-state index < -0.39 is 0 Å². The monoisotopic (exact) mass is 344 g/mol. The van der Waals surface area contributed by atoms with Crippen LogP contribution in [-0.2, 0) is 9.53 Å². The first-order valence-corrected chi connectivity index (χ1v) is 10.7. The van der Waals surface area contributed by atoms with Crippen LogP contribution >= 0.6 is 0 Å². The van der Waals surface area contributed by atoms with Crippen LogP contribution in [-0.4, -0.2) is 12.1 Å². The fourth-order valence-electron chi connectivity index (χ4n) is 7.88. The maximum Gasteiger partial charge on any atom is 0.302 e. The Morgan fingerprint density at radius 2 is 1.88 bits per heavy atom. The summed E-state index contributed by atoms with van der Waals surface area (Å²) >= 11 is 0. The van der Waals surface area contributed by atoms with Crippen LogP contribution in [0.5, 0.6) is 0 Å². The summed E-state index contributed by atoms with van der Waals surface area (Å²) in [5.41, 5.74) is 2.73. The third kappa shape index (κ3) is 2.61. The first kappa shape index (κ1) is 17.6. The first-order chi connectivity index (χ1) is 11.9. The fraction of sp³-hybridized carbons (Fsp3) is 0.870. The fourth-order valence-corrected chi connectivity index (χ4v) is 7.88. The van der Waals surface area contributed by atoms with Crippen molar-refractivity contribution in [2.75, 3.05) is 0 Å². The number of hydrogen-bond acceptors (Lipinski definition) is 2. The highest BCUT2D eigenvalue weighted by Crippen LogP contribution is 2.67. The average Bonchev–Trinajstić information content (AvgIpc) is 2.91. The number of allylic oxidation sites excluding steroid dienone is 2. The Balaban J connectivity index is 1.55. The smallest absolute Gasteiger partial charge is 0.302 e. The second-order valence-electron chi connectivity index (χ2n) is 9.97. The zero-order valence-corrected chi connectivity index (χ0v) is 16.6. The predicted octanol–water partition coefficient (Wildman–Crippen LogP) is 5.91. The molecule has 4 aliphatic rings. The molecule has 2 heteroatoms. The van der Waals surface area contributed by atoms with Crippen molar-refractivity contribution >= 4 is 5.97 Å². The number of carbonyl (C=O) groups is 1. The molecule has 0 bridgehead atoms. The van der Waals surface area contributed by atoms with E-state index in [4.69, 9.17) is 4.74 Å². The Hall–Kier alpha value is -0.790. The molecule has 140 valence electrons. The van der Waals surface area contributed by atoms with Crippen molar-refractivity contribution in [2.45, 2.75) is 91.6 Å². The first-order valence-electron chi connectivity index (χ1n) is 10.7. The van der Waals surface area contributed by atoms with E-state index in [1.807, 2.05) is 0 Å². The lowest BCUT2D eigenvalue weighted by molar-refractivity contribution is -0.158. The summed E-state index contributed by atoms with van der Waals surface area (Å²) in [5.74, 6) is 3.42. The standard InChI is InChI=1S/C23H36O2/c1-5-16-7-9-20-19-8-6-17-14-18(25-15(2)24)10-12-23(17,4)21(19)11-13-22(16,20)3/h5,17-21H,6-14H2,1-4H3/b16-5+/t17-,18+,19-,20+,21+,22+,23-/m0/s1. The molecule has 0 aliphatic heterocycles. The molecule has 4 saturated carbocycles. The maximum atomic E-state index is 11.4. The van der Waals surface area contributed by atoms with Crippen LogP contribution < -0.4 is 0 Å². The van der Waals surface area contributed by atoms with Crippen molar-refractivity contribution in [1.29, 1.82) is 0 Å². The predicted molar refractivity (Wildman–Crippen MR) is 101 cm³/mol. The highest BCUT2D eigenvalue weighted by Gasteiger charge is 2.59. The minimum atomic E-state index is -0.0967. The molecular formula is C23H36O2. The molecule has 4 rings (SSSR count). The van der Waals surface area contributed by atoms with Crippen LogP contribution in [0.25, 0.3) is 0 Å². The van der Waals surface area contributed by atoms with Gasteiger partial charge in [-0.25, -0.2) is 0 Å². The third-order valence-corrected chi connectivity index (χ3v) is 9.15. The molecule has 0 N–H and O–H groups in total. The topological polar surface area (TPSA) is 26.3 Å². The van der Waals surface area contributed by atoms with E-state index in [0.717, 1.165) is 36.5 Å². The number of fused-ring (bicyclic) bond motifs is 5. The second kappa shape index (κ2) is 6.13. The largest absolute Gasteiger partial charge is 0.463 e. The van der Waals surface area contributed by atoms with Gasteiger partial charge in [-0.1, -0.05) is 25.5 Å². The second-order valence-corrected chi connectivity index (χ2v) is 9.97. The Bertz CT molecular complexity index is 579. The minimum absolute atomic E-state index is 0.0967. The van der Waals surface area contributed by atoms with Gasteiger partial charge in [-0.15, -0.1) is 0 Å². The average molecular weight is 345 g/mol. The molecule has 2 nitrogen and oxygen atoms in total. The Kier molecular flexibility index (Phi) is 4.32. The highest BCUT2D eigenvalue weighted by molar-refractivity contribution is 5.66. The van der Waals surface area contributed by atoms with Gasteiger partial charge in [0.25, 0.3) is 0 Å². The quantitative estimate of drug-likeness (QED) is 0.437. The summed E-state index contributed by atoms with van der Waals surface area (Å²) in [6.45, 7) is 8.98. The van der Waals surface area contributed by atoms with Crippen molar-refractivity contribution in [1.82, 2.24) is 0 Å². The van der Waals surface area contributed by atoms with Gasteiger partial charge in [0.2, 0.25) is 0 Å². The van der Waals surface area contributed by atoms with Gasteiger partial charge >= 0.3 is 5.97 Å². The zero-order valence-electron chi connectivity index (χ0n) is 16.6. The van der Waals surface area contributed by atoms with Crippen molar-refractivity contribution in [3.05, 3.63) is 11.6 Å². The van der Waals surface area contributed by atoms with E-state index in [1.165, 1.54) is 44.9 Å². The lowest BCUT2D eigenvalue weighted by Gasteiger charge is -2.60. The lowest BCUT2D eigenvalue weighted by Crippen LogP contribution is -2.53. The molecule has 0 saturated heterocycles. The Labute approximate surface area is 153 Å². The van der Waals surface area contributed by atoms with Gasteiger partial charge < -0.3 is 4.74 Å². The van der Waals surface area contributed by atoms with Crippen LogP contribution in [0.4, 0.5) is 0 Å². The van der Waals surface area contributed by atoms with Crippen LogP contribution in [0.15, 0.2) is 11.6 Å². The molecule has 0 spiro atoms. The molecule has 7 atom stereocenters. The summed E-state index contributed by atoms with van der Waals surface area (Å²) in [5, 5.41) is 0. The van der Waals surface area contributed by atoms with Gasteiger partial charge in [0.15, 0.2) is 0 Å². The van der Waals surface area contributed by atoms with Crippen LogP contribution in [0.3, 0.4) is 0 Å². The molecule has 0 aromatic rings. The summed E-state index contributed by atoms with van der Waals surface area (Å²) < 4.78 is 5.59. The molecule has 0 amide bonds. The van der Waals surface area contributed by atoms with Gasteiger partial charge in [-0.05, 0) is 99.2 Å². The van der Waals surface area contributed by atoms with Crippen molar-refractivity contribution in [3.63, 3.8) is 0 Å².